The normalized spacial score (nSPS) is 12.0. The van der Waals surface area contributed by atoms with E-state index in [1.54, 1.807) is 48.5 Å². The van der Waals surface area contributed by atoms with Crippen LogP contribution in [0, 0.1) is 5.92 Å². The molecule has 0 spiro atoms. The van der Waals surface area contributed by atoms with Crippen LogP contribution in [0.4, 0.5) is 17.1 Å². The minimum Gasteiger partial charge on any atom is -0.342 e. The SMILES string of the molecule is CC(C)C[C@@H](NC(=O)c1ccccc1Cl)c1nnc(SCC(=O)Nc2ccc(N=Nc3ccccc3)cc2)n1C. The third-order valence-corrected chi connectivity index (χ3v) is 7.18. The molecule has 0 aliphatic heterocycles. The summed E-state index contributed by atoms with van der Waals surface area (Å²) >= 11 is 7.49. The third kappa shape index (κ3) is 8.00. The van der Waals surface area contributed by atoms with Crippen molar-refractivity contribution in [2.24, 2.45) is 23.2 Å². The molecule has 0 aliphatic rings. The molecule has 0 fully saturated rings. The maximum Gasteiger partial charge on any atom is 0.253 e. The highest BCUT2D eigenvalue weighted by Crippen LogP contribution is 2.26. The monoisotopic (exact) mass is 575 g/mol. The number of amides is 2. The number of aromatic nitrogens is 3. The number of halogens is 1. The lowest BCUT2D eigenvalue weighted by Gasteiger charge is -2.20. The zero-order valence-corrected chi connectivity index (χ0v) is 24.0. The molecule has 4 aromatic rings. The predicted octanol–water partition coefficient (Wildman–Crippen LogP) is 7.13. The van der Waals surface area contributed by atoms with Crippen molar-refractivity contribution < 1.29 is 9.59 Å². The molecule has 11 heteroatoms. The first-order chi connectivity index (χ1) is 19.3. The molecular weight excluding hydrogens is 546 g/mol. The number of carbonyl (C=O) groups excluding carboxylic acids is 2. The lowest BCUT2D eigenvalue weighted by Crippen LogP contribution is -2.31. The molecule has 2 N–H and O–H groups in total. The fourth-order valence-electron chi connectivity index (χ4n) is 3.89. The Balaban J connectivity index is 1.35. The van der Waals surface area contributed by atoms with Gasteiger partial charge in [-0.15, -0.1) is 10.2 Å². The number of rotatable bonds is 11. The van der Waals surface area contributed by atoms with Crippen LogP contribution < -0.4 is 10.6 Å². The Labute approximate surface area is 242 Å². The van der Waals surface area contributed by atoms with Crippen LogP contribution in [0.3, 0.4) is 0 Å². The first kappa shape index (κ1) is 29.0. The van der Waals surface area contributed by atoms with Gasteiger partial charge in [0.15, 0.2) is 11.0 Å². The summed E-state index contributed by atoms with van der Waals surface area (Å²) in [6, 6.07) is 23.1. The van der Waals surface area contributed by atoms with E-state index in [9.17, 15) is 9.59 Å². The fraction of sp³-hybridized carbons (Fsp3) is 0.241. The Morgan fingerprint density at radius 2 is 1.57 bits per heavy atom. The molecule has 0 unspecified atom stereocenters. The summed E-state index contributed by atoms with van der Waals surface area (Å²) in [4.78, 5) is 25.6. The van der Waals surface area contributed by atoms with E-state index in [4.69, 9.17) is 11.6 Å². The van der Waals surface area contributed by atoms with E-state index in [-0.39, 0.29) is 23.6 Å². The number of hydrogen-bond donors (Lipinski definition) is 2. The zero-order valence-electron chi connectivity index (χ0n) is 22.4. The average Bonchev–Trinajstić information content (AvgIpc) is 3.31. The second-order valence-electron chi connectivity index (χ2n) is 9.45. The van der Waals surface area contributed by atoms with Gasteiger partial charge in [-0.2, -0.15) is 10.2 Å². The molecule has 1 heterocycles. The summed E-state index contributed by atoms with van der Waals surface area (Å²) in [5, 5.41) is 23.9. The number of carbonyl (C=O) groups is 2. The quantitative estimate of drug-likeness (QED) is 0.146. The number of anilines is 1. The van der Waals surface area contributed by atoms with E-state index < -0.39 is 0 Å². The average molecular weight is 576 g/mol. The van der Waals surface area contributed by atoms with E-state index >= 15 is 0 Å². The van der Waals surface area contributed by atoms with Crippen molar-refractivity contribution in [3.63, 3.8) is 0 Å². The van der Waals surface area contributed by atoms with Crippen molar-refractivity contribution in [2.45, 2.75) is 31.5 Å². The number of benzene rings is 3. The summed E-state index contributed by atoms with van der Waals surface area (Å²) in [5.74, 6) is 0.584. The summed E-state index contributed by atoms with van der Waals surface area (Å²) in [6.07, 6.45) is 0.661. The first-order valence-electron chi connectivity index (χ1n) is 12.7. The van der Waals surface area contributed by atoms with Crippen molar-refractivity contribution in [1.29, 1.82) is 0 Å². The molecule has 0 saturated carbocycles. The number of thioether (sulfide) groups is 1. The van der Waals surface area contributed by atoms with Gasteiger partial charge >= 0.3 is 0 Å². The number of hydrogen-bond acceptors (Lipinski definition) is 7. The van der Waals surface area contributed by atoms with Gasteiger partial charge in [0.25, 0.3) is 5.91 Å². The Bertz CT molecular complexity index is 1470. The van der Waals surface area contributed by atoms with Crippen LogP contribution in [0.1, 0.15) is 42.5 Å². The molecule has 40 heavy (non-hydrogen) atoms. The van der Waals surface area contributed by atoms with Gasteiger partial charge < -0.3 is 15.2 Å². The van der Waals surface area contributed by atoms with E-state index in [1.165, 1.54) is 11.8 Å². The molecule has 0 radical (unpaired) electrons. The molecule has 2 amide bonds. The van der Waals surface area contributed by atoms with Crippen LogP contribution in [0.25, 0.3) is 0 Å². The lowest BCUT2D eigenvalue weighted by molar-refractivity contribution is -0.113. The third-order valence-electron chi connectivity index (χ3n) is 5.83. The first-order valence-corrected chi connectivity index (χ1v) is 14.1. The number of azo groups is 1. The van der Waals surface area contributed by atoms with Crippen LogP contribution in [-0.4, -0.2) is 32.3 Å². The van der Waals surface area contributed by atoms with Gasteiger partial charge in [-0.1, -0.05) is 67.5 Å². The maximum atomic E-state index is 12.9. The van der Waals surface area contributed by atoms with Crippen LogP contribution in [0.2, 0.25) is 5.02 Å². The fourth-order valence-corrected chi connectivity index (χ4v) is 4.83. The number of nitrogens with one attached hydrogen (secondary N) is 2. The van der Waals surface area contributed by atoms with E-state index in [0.29, 0.717) is 45.3 Å². The van der Waals surface area contributed by atoms with Gasteiger partial charge in [0.2, 0.25) is 5.91 Å². The van der Waals surface area contributed by atoms with Crippen molar-refractivity contribution in [3.05, 3.63) is 95.3 Å². The molecule has 0 saturated heterocycles. The second kappa shape index (κ2) is 13.9. The zero-order chi connectivity index (χ0) is 28.5. The topological polar surface area (TPSA) is 114 Å². The highest BCUT2D eigenvalue weighted by atomic mass is 35.5. The molecule has 1 atom stereocenters. The Kier molecular flexibility index (Phi) is 10.0. The van der Waals surface area contributed by atoms with Crippen molar-refractivity contribution in [3.8, 4) is 0 Å². The molecule has 206 valence electrons. The number of nitrogens with zero attached hydrogens (tertiary/aromatic N) is 5. The van der Waals surface area contributed by atoms with E-state index in [1.807, 2.05) is 41.9 Å². The summed E-state index contributed by atoms with van der Waals surface area (Å²) in [5.41, 5.74) is 2.50. The van der Waals surface area contributed by atoms with E-state index in [2.05, 4.69) is 44.9 Å². The van der Waals surface area contributed by atoms with Gasteiger partial charge in [0.05, 0.1) is 33.8 Å². The van der Waals surface area contributed by atoms with Gasteiger partial charge in [-0.05, 0) is 60.9 Å². The molecule has 4 rings (SSSR count). The van der Waals surface area contributed by atoms with Crippen LogP contribution in [0.15, 0.2) is 94.2 Å². The van der Waals surface area contributed by atoms with Gasteiger partial charge in [-0.25, -0.2) is 0 Å². The molecule has 0 aliphatic carbocycles. The summed E-state index contributed by atoms with van der Waals surface area (Å²) in [7, 11) is 1.83. The predicted molar refractivity (Wildman–Crippen MR) is 159 cm³/mol. The second-order valence-corrected chi connectivity index (χ2v) is 10.8. The summed E-state index contributed by atoms with van der Waals surface area (Å²) < 4.78 is 1.81. The smallest absolute Gasteiger partial charge is 0.253 e. The Hall–Kier alpha value is -4.02. The highest BCUT2D eigenvalue weighted by molar-refractivity contribution is 7.99. The lowest BCUT2D eigenvalue weighted by atomic mass is 10.0. The van der Waals surface area contributed by atoms with Gasteiger partial charge in [-0.3, -0.25) is 9.59 Å². The largest absolute Gasteiger partial charge is 0.342 e. The molecule has 9 nitrogen and oxygen atoms in total. The standard InChI is InChI=1S/C29H30ClN7O2S/c1-19(2)17-25(32-28(39)23-11-7-8-12-24(23)30)27-35-36-29(37(27)3)40-18-26(38)31-20-13-15-22(16-14-20)34-33-21-9-5-4-6-10-21/h4-16,19,25H,17-18H2,1-3H3,(H,31,38)(H,32,39)/t25-/m1/s1. The molecule has 1 aromatic heterocycles. The van der Waals surface area contributed by atoms with Crippen molar-refractivity contribution in [1.82, 2.24) is 20.1 Å². The molecule has 0 bridgehead atoms. The summed E-state index contributed by atoms with van der Waals surface area (Å²) in [6.45, 7) is 4.15. The minimum absolute atomic E-state index is 0.141. The molecule has 3 aromatic carbocycles. The highest BCUT2D eigenvalue weighted by Gasteiger charge is 2.24. The van der Waals surface area contributed by atoms with Crippen LogP contribution in [0.5, 0.6) is 0 Å². The van der Waals surface area contributed by atoms with Crippen molar-refractivity contribution >= 4 is 52.2 Å². The maximum absolute atomic E-state index is 12.9. The van der Waals surface area contributed by atoms with Gasteiger partial charge in [0.1, 0.15) is 0 Å². The Morgan fingerprint density at radius 3 is 2.25 bits per heavy atom. The van der Waals surface area contributed by atoms with Crippen LogP contribution >= 0.6 is 23.4 Å². The molecular formula is C29H30ClN7O2S. The van der Waals surface area contributed by atoms with Gasteiger partial charge in [0, 0.05) is 12.7 Å². The van der Waals surface area contributed by atoms with Crippen molar-refractivity contribution in [2.75, 3.05) is 11.1 Å². The minimum atomic E-state index is -0.373. The Morgan fingerprint density at radius 1 is 0.925 bits per heavy atom. The van der Waals surface area contributed by atoms with Crippen LogP contribution in [-0.2, 0) is 11.8 Å². The van der Waals surface area contributed by atoms with E-state index in [0.717, 1.165) is 5.69 Å².